The molecular weight excluding hydrogens is 458 g/mol. The minimum atomic E-state index is -0.632. The second kappa shape index (κ2) is 10.5. The molecule has 186 valence electrons. The summed E-state index contributed by atoms with van der Waals surface area (Å²) in [7, 11) is 2.92. The summed E-state index contributed by atoms with van der Waals surface area (Å²) in [4.78, 5) is 39.4. The van der Waals surface area contributed by atoms with Gasteiger partial charge in [0.1, 0.15) is 11.8 Å². The van der Waals surface area contributed by atoms with Gasteiger partial charge in [0, 0.05) is 23.5 Å². The summed E-state index contributed by atoms with van der Waals surface area (Å²) in [6, 6.07) is 19.2. The molecule has 1 unspecified atom stereocenters. The van der Waals surface area contributed by atoms with Crippen molar-refractivity contribution < 1.29 is 23.9 Å². The van der Waals surface area contributed by atoms with E-state index in [-0.39, 0.29) is 17.9 Å². The van der Waals surface area contributed by atoms with Crippen molar-refractivity contribution in [2.24, 2.45) is 5.92 Å². The van der Waals surface area contributed by atoms with Gasteiger partial charge in [0.15, 0.2) is 0 Å². The van der Waals surface area contributed by atoms with Gasteiger partial charge in [-0.25, -0.2) is 9.59 Å². The second-order valence-electron chi connectivity index (χ2n) is 8.90. The predicted octanol–water partition coefficient (Wildman–Crippen LogP) is 5.16. The molecule has 8 heteroatoms. The number of carbonyl (C=O) groups excluding carboxylic acids is 3. The summed E-state index contributed by atoms with van der Waals surface area (Å²) in [6.07, 6.45) is 0. The minimum Gasteiger partial charge on any atom is -0.497 e. The Morgan fingerprint density at radius 3 is 2.00 bits per heavy atom. The normalized spacial score (nSPS) is 13.2. The molecule has 36 heavy (non-hydrogen) atoms. The standard InChI is InChI=1S/C28H29N3O5/c1-17(2)25(27(33)36-4)31-16-20-6-5-19(15-24(20)26(31)32)18-7-9-21(10-8-18)29-28(34)30-22-11-13-23(35-3)14-12-22/h5-15,17,25H,16H2,1-4H3,(H2,29,30,34). The molecule has 3 aromatic carbocycles. The lowest BCUT2D eigenvalue weighted by molar-refractivity contribution is -0.147. The topological polar surface area (TPSA) is 97.0 Å². The molecule has 0 spiro atoms. The molecule has 0 bridgehead atoms. The van der Waals surface area contributed by atoms with Gasteiger partial charge in [-0.05, 0) is 65.1 Å². The number of ether oxygens (including phenoxy) is 2. The molecule has 1 aliphatic heterocycles. The summed E-state index contributed by atoms with van der Waals surface area (Å²) in [5.74, 6) is 0.0489. The third-order valence-corrected chi connectivity index (χ3v) is 6.18. The van der Waals surface area contributed by atoms with Gasteiger partial charge >= 0.3 is 12.0 Å². The van der Waals surface area contributed by atoms with Crippen molar-refractivity contribution in [3.63, 3.8) is 0 Å². The van der Waals surface area contributed by atoms with Crippen molar-refractivity contribution in [2.45, 2.75) is 26.4 Å². The average molecular weight is 488 g/mol. The molecule has 0 fully saturated rings. The highest BCUT2D eigenvalue weighted by atomic mass is 16.5. The number of carbonyl (C=O) groups is 3. The Morgan fingerprint density at radius 2 is 1.44 bits per heavy atom. The molecule has 2 N–H and O–H groups in total. The van der Waals surface area contributed by atoms with Crippen LogP contribution in [0, 0.1) is 5.92 Å². The summed E-state index contributed by atoms with van der Waals surface area (Å²) >= 11 is 0. The zero-order valence-corrected chi connectivity index (χ0v) is 20.7. The van der Waals surface area contributed by atoms with Gasteiger partial charge in [-0.2, -0.15) is 0 Å². The molecule has 1 aliphatic rings. The fourth-order valence-corrected chi connectivity index (χ4v) is 4.32. The largest absolute Gasteiger partial charge is 0.497 e. The van der Waals surface area contributed by atoms with Gasteiger partial charge in [0.05, 0.1) is 14.2 Å². The van der Waals surface area contributed by atoms with Crippen LogP contribution in [0.25, 0.3) is 11.1 Å². The lowest BCUT2D eigenvalue weighted by atomic mass is 10.00. The van der Waals surface area contributed by atoms with Crippen molar-refractivity contribution in [3.8, 4) is 16.9 Å². The van der Waals surface area contributed by atoms with Crippen molar-refractivity contribution in [3.05, 3.63) is 77.9 Å². The molecule has 3 amide bonds. The third kappa shape index (κ3) is 5.17. The Morgan fingerprint density at radius 1 is 0.861 bits per heavy atom. The number of rotatable bonds is 7. The van der Waals surface area contributed by atoms with Gasteiger partial charge in [-0.3, -0.25) is 4.79 Å². The van der Waals surface area contributed by atoms with E-state index in [2.05, 4.69) is 10.6 Å². The van der Waals surface area contributed by atoms with Crippen LogP contribution in [0.1, 0.15) is 29.8 Å². The SMILES string of the molecule is COC(=O)C(C(C)C)N1Cc2ccc(-c3ccc(NC(=O)Nc4ccc(OC)cc4)cc3)cc2C1=O. The number of methoxy groups -OCH3 is 2. The third-order valence-electron chi connectivity index (χ3n) is 6.18. The van der Waals surface area contributed by atoms with Gasteiger partial charge < -0.3 is 25.0 Å². The van der Waals surface area contributed by atoms with E-state index in [9.17, 15) is 14.4 Å². The number of esters is 1. The molecule has 8 nitrogen and oxygen atoms in total. The molecule has 0 saturated heterocycles. The Bertz CT molecular complexity index is 1270. The highest BCUT2D eigenvalue weighted by Crippen LogP contribution is 2.32. The van der Waals surface area contributed by atoms with Gasteiger partial charge in [0.2, 0.25) is 0 Å². The number of urea groups is 1. The zero-order chi connectivity index (χ0) is 25.8. The fraction of sp³-hybridized carbons (Fsp3) is 0.250. The Labute approximate surface area is 210 Å². The average Bonchev–Trinajstić information content (AvgIpc) is 3.19. The van der Waals surface area contributed by atoms with E-state index in [1.54, 1.807) is 48.4 Å². The van der Waals surface area contributed by atoms with Crippen LogP contribution in [0.2, 0.25) is 0 Å². The predicted molar refractivity (Wildman–Crippen MR) is 138 cm³/mol. The number of nitrogens with zero attached hydrogens (tertiary/aromatic N) is 1. The Hall–Kier alpha value is -4.33. The lowest BCUT2D eigenvalue weighted by Gasteiger charge is -2.28. The van der Waals surface area contributed by atoms with Crippen LogP contribution < -0.4 is 15.4 Å². The van der Waals surface area contributed by atoms with Crippen LogP contribution in [0.4, 0.5) is 16.2 Å². The molecule has 1 atom stereocenters. The first-order valence-corrected chi connectivity index (χ1v) is 11.6. The Balaban J connectivity index is 1.45. The van der Waals surface area contributed by atoms with E-state index >= 15 is 0 Å². The van der Waals surface area contributed by atoms with Crippen LogP contribution in [0.15, 0.2) is 66.7 Å². The van der Waals surface area contributed by atoms with Gasteiger partial charge in [-0.15, -0.1) is 0 Å². The summed E-state index contributed by atoms with van der Waals surface area (Å²) in [5.41, 5.74) is 4.52. The van der Waals surface area contributed by atoms with E-state index in [4.69, 9.17) is 9.47 Å². The van der Waals surface area contributed by atoms with Crippen molar-refractivity contribution in [2.75, 3.05) is 24.9 Å². The smallest absolute Gasteiger partial charge is 0.328 e. The van der Waals surface area contributed by atoms with Crippen molar-refractivity contribution in [1.29, 1.82) is 0 Å². The molecule has 1 heterocycles. The fourth-order valence-electron chi connectivity index (χ4n) is 4.32. The number of fused-ring (bicyclic) bond motifs is 1. The molecular formula is C28H29N3O5. The number of hydrogen-bond acceptors (Lipinski definition) is 5. The van der Waals surface area contributed by atoms with Crippen molar-refractivity contribution >= 4 is 29.3 Å². The number of anilines is 2. The first kappa shape index (κ1) is 24.8. The molecule has 0 aromatic heterocycles. The molecule has 0 radical (unpaired) electrons. The zero-order valence-electron chi connectivity index (χ0n) is 20.7. The maximum Gasteiger partial charge on any atom is 0.328 e. The molecule has 3 aromatic rings. The quantitative estimate of drug-likeness (QED) is 0.449. The van der Waals surface area contributed by atoms with Crippen LogP contribution in [-0.2, 0) is 16.1 Å². The summed E-state index contributed by atoms with van der Waals surface area (Å²) < 4.78 is 10.1. The van der Waals surface area contributed by atoms with E-state index < -0.39 is 12.0 Å². The lowest BCUT2D eigenvalue weighted by Crippen LogP contribution is -2.45. The van der Waals surface area contributed by atoms with Gasteiger partial charge in [-0.1, -0.05) is 38.1 Å². The highest BCUT2D eigenvalue weighted by Gasteiger charge is 2.38. The number of benzene rings is 3. The van der Waals surface area contributed by atoms with Crippen LogP contribution >= 0.6 is 0 Å². The number of nitrogens with one attached hydrogen (secondary N) is 2. The minimum absolute atomic E-state index is 0.0721. The maximum atomic E-state index is 13.2. The first-order valence-electron chi connectivity index (χ1n) is 11.6. The summed E-state index contributed by atoms with van der Waals surface area (Å²) in [6.45, 7) is 4.17. The molecule has 4 rings (SSSR count). The summed E-state index contributed by atoms with van der Waals surface area (Å²) in [5, 5.41) is 5.58. The van der Waals surface area contributed by atoms with E-state index in [1.165, 1.54) is 7.11 Å². The van der Waals surface area contributed by atoms with E-state index in [1.807, 2.05) is 44.2 Å². The maximum absolute atomic E-state index is 13.2. The molecule has 0 saturated carbocycles. The highest BCUT2D eigenvalue weighted by molar-refractivity contribution is 6.02. The van der Waals surface area contributed by atoms with Crippen LogP contribution in [-0.4, -0.2) is 43.1 Å². The van der Waals surface area contributed by atoms with Crippen LogP contribution in [0.3, 0.4) is 0 Å². The van der Waals surface area contributed by atoms with E-state index in [0.717, 1.165) is 16.7 Å². The van der Waals surface area contributed by atoms with Gasteiger partial charge in [0.25, 0.3) is 5.91 Å². The Kier molecular flexibility index (Phi) is 7.24. The second-order valence-corrected chi connectivity index (χ2v) is 8.90. The van der Waals surface area contributed by atoms with E-state index in [0.29, 0.717) is 29.2 Å². The number of hydrogen-bond donors (Lipinski definition) is 2. The van der Waals surface area contributed by atoms with Crippen LogP contribution in [0.5, 0.6) is 5.75 Å². The molecule has 0 aliphatic carbocycles. The number of amides is 3. The first-order chi connectivity index (χ1) is 17.3. The van der Waals surface area contributed by atoms with Crippen molar-refractivity contribution in [1.82, 2.24) is 4.90 Å². The monoisotopic (exact) mass is 487 g/mol.